The van der Waals surface area contributed by atoms with Crippen LogP contribution < -0.4 is 5.69 Å². The minimum atomic E-state index is -0.651. The number of halogens is 1. The standard InChI is InChI=1S/C10H9FN4O3S/c1-14-9(16)12-13-10(14)19-5-6-7(11)3-2-4-8(6)15(17)18/h2-4H,5H2,1H3,(H,12,16). The molecule has 7 nitrogen and oxygen atoms in total. The van der Waals surface area contributed by atoms with Gasteiger partial charge in [-0.1, -0.05) is 17.8 Å². The summed E-state index contributed by atoms with van der Waals surface area (Å²) in [5.41, 5.74) is -0.702. The zero-order chi connectivity index (χ0) is 14.0. The maximum atomic E-state index is 13.6. The summed E-state index contributed by atoms with van der Waals surface area (Å²) in [4.78, 5) is 21.3. The normalized spacial score (nSPS) is 10.6. The molecule has 0 aliphatic rings. The number of nitrogens with one attached hydrogen (secondary N) is 1. The van der Waals surface area contributed by atoms with Crippen molar-refractivity contribution in [2.45, 2.75) is 10.9 Å². The maximum absolute atomic E-state index is 13.6. The summed E-state index contributed by atoms with van der Waals surface area (Å²) in [6, 6.07) is 3.68. The van der Waals surface area contributed by atoms with Crippen LogP contribution in [0.5, 0.6) is 0 Å². The van der Waals surface area contributed by atoms with Crippen LogP contribution in [-0.2, 0) is 12.8 Å². The molecular formula is C10H9FN4O3S. The Labute approximate surface area is 110 Å². The monoisotopic (exact) mass is 284 g/mol. The van der Waals surface area contributed by atoms with Crippen molar-refractivity contribution in [3.63, 3.8) is 0 Å². The Balaban J connectivity index is 2.27. The molecule has 1 N–H and O–H groups in total. The van der Waals surface area contributed by atoms with Gasteiger partial charge in [-0.3, -0.25) is 14.7 Å². The molecule has 0 unspecified atom stereocenters. The molecule has 0 radical (unpaired) electrons. The van der Waals surface area contributed by atoms with Gasteiger partial charge < -0.3 is 0 Å². The number of nitrogens with zero attached hydrogens (tertiary/aromatic N) is 3. The zero-order valence-corrected chi connectivity index (χ0v) is 10.6. The second-order valence-electron chi connectivity index (χ2n) is 3.65. The molecule has 0 spiro atoms. The fourth-order valence-electron chi connectivity index (χ4n) is 1.46. The fraction of sp³-hybridized carbons (Fsp3) is 0.200. The van der Waals surface area contributed by atoms with Crippen molar-refractivity contribution in [3.8, 4) is 0 Å². The van der Waals surface area contributed by atoms with Crippen LogP contribution in [0.2, 0.25) is 0 Å². The molecule has 19 heavy (non-hydrogen) atoms. The van der Waals surface area contributed by atoms with Gasteiger partial charge in [-0.05, 0) is 6.07 Å². The van der Waals surface area contributed by atoms with E-state index < -0.39 is 16.4 Å². The topological polar surface area (TPSA) is 93.8 Å². The summed E-state index contributed by atoms with van der Waals surface area (Å²) in [5.74, 6) is -0.636. The molecule has 0 atom stereocenters. The van der Waals surface area contributed by atoms with Crippen molar-refractivity contribution in [1.29, 1.82) is 0 Å². The van der Waals surface area contributed by atoms with Gasteiger partial charge in [0.2, 0.25) is 0 Å². The molecule has 0 amide bonds. The SMILES string of the molecule is Cn1c(SCc2c(F)cccc2[N+](=O)[O-])n[nH]c1=O. The van der Waals surface area contributed by atoms with E-state index in [0.717, 1.165) is 17.8 Å². The summed E-state index contributed by atoms with van der Waals surface area (Å²) in [6.07, 6.45) is 0. The minimum absolute atomic E-state index is 0.0150. The predicted octanol–water partition coefficient (Wildman–Crippen LogP) is 1.45. The molecule has 9 heteroatoms. The van der Waals surface area contributed by atoms with Gasteiger partial charge in [-0.15, -0.1) is 5.10 Å². The van der Waals surface area contributed by atoms with E-state index in [1.54, 1.807) is 0 Å². The highest BCUT2D eigenvalue weighted by Gasteiger charge is 2.18. The quantitative estimate of drug-likeness (QED) is 0.521. The van der Waals surface area contributed by atoms with Gasteiger partial charge in [0.25, 0.3) is 5.69 Å². The van der Waals surface area contributed by atoms with E-state index in [4.69, 9.17) is 0 Å². The van der Waals surface area contributed by atoms with Gasteiger partial charge in [-0.2, -0.15) is 0 Å². The van der Waals surface area contributed by atoms with E-state index in [1.807, 2.05) is 0 Å². The molecule has 0 saturated heterocycles. The number of benzene rings is 1. The number of hydrogen-bond donors (Lipinski definition) is 1. The van der Waals surface area contributed by atoms with Gasteiger partial charge >= 0.3 is 5.69 Å². The summed E-state index contributed by atoms with van der Waals surface area (Å²) < 4.78 is 14.9. The van der Waals surface area contributed by atoms with Crippen molar-refractivity contribution in [1.82, 2.24) is 14.8 Å². The van der Waals surface area contributed by atoms with Crippen LogP contribution in [-0.4, -0.2) is 19.7 Å². The Morgan fingerprint density at radius 3 is 2.89 bits per heavy atom. The first-order chi connectivity index (χ1) is 9.00. The highest BCUT2D eigenvalue weighted by atomic mass is 32.2. The van der Waals surface area contributed by atoms with Crippen molar-refractivity contribution >= 4 is 17.4 Å². The number of nitro benzene ring substituents is 1. The number of aromatic amines is 1. The number of rotatable bonds is 4. The van der Waals surface area contributed by atoms with Crippen molar-refractivity contribution in [3.05, 3.63) is 50.2 Å². The van der Waals surface area contributed by atoms with Crippen LogP contribution in [0.25, 0.3) is 0 Å². The zero-order valence-electron chi connectivity index (χ0n) is 9.79. The largest absolute Gasteiger partial charge is 0.343 e. The summed E-state index contributed by atoms with van der Waals surface area (Å²) in [6.45, 7) is 0. The Morgan fingerprint density at radius 1 is 1.58 bits per heavy atom. The second kappa shape index (κ2) is 5.22. The number of nitro groups is 1. The number of aromatic nitrogens is 3. The number of hydrogen-bond acceptors (Lipinski definition) is 5. The Hall–Kier alpha value is -2.16. The third-order valence-electron chi connectivity index (χ3n) is 2.48. The molecule has 100 valence electrons. The maximum Gasteiger partial charge on any atom is 0.343 e. The lowest BCUT2D eigenvalue weighted by Gasteiger charge is -2.03. The first kappa shape index (κ1) is 13.3. The lowest BCUT2D eigenvalue weighted by Crippen LogP contribution is -2.12. The predicted molar refractivity (Wildman–Crippen MR) is 66.4 cm³/mol. The Bertz CT molecular complexity index is 682. The van der Waals surface area contributed by atoms with Crippen LogP contribution >= 0.6 is 11.8 Å². The molecule has 2 aromatic rings. The number of thioether (sulfide) groups is 1. The van der Waals surface area contributed by atoms with E-state index >= 15 is 0 Å². The second-order valence-corrected chi connectivity index (χ2v) is 4.60. The van der Waals surface area contributed by atoms with Gasteiger partial charge in [0.15, 0.2) is 5.16 Å². The van der Waals surface area contributed by atoms with Crippen LogP contribution in [0.1, 0.15) is 5.56 Å². The van der Waals surface area contributed by atoms with E-state index in [0.29, 0.717) is 5.16 Å². The summed E-state index contributed by atoms with van der Waals surface area (Å²) in [7, 11) is 1.50. The van der Waals surface area contributed by atoms with Crippen LogP contribution in [0.15, 0.2) is 28.2 Å². The van der Waals surface area contributed by atoms with Gasteiger partial charge in [-0.25, -0.2) is 14.3 Å². The first-order valence-electron chi connectivity index (χ1n) is 5.16. The van der Waals surface area contributed by atoms with Crippen molar-refractivity contribution in [2.75, 3.05) is 0 Å². The molecule has 2 rings (SSSR count). The highest BCUT2D eigenvalue weighted by molar-refractivity contribution is 7.98. The van der Waals surface area contributed by atoms with Crippen LogP contribution in [0.3, 0.4) is 0 Å². The third-order valence-corrected chi connectivity index (χ3v) is 3.53. The van der Waals surface area contributed by atoms with Gasteiger partial charge in [0, 0.05) is 18.9 Å². The lowest BCUT2D eigenvalue weighted by atomic mass is 10.2. The Morgan fingerprint density at radius 2 is 2.32 bits per heavy atom. The molecule has 1 aromatic carbocycles. The van der Waals surface area contributed by atoms with E-state index in [1.165, 1.54) is 23.7 Å². The molecule has 0 aliphatic heterocycles. The third kappa shape index (κ3) is 2.65. The molecule has 0 aliphatic carbocycles. The average molecular weight is 284 g/mol. The lowest BCUT2D eigenvalue weighted by molar-refractivity contribution is -0.385. The average Bonchev–Trinajstić information content (AvgIpc) is 2.68. The number of H-pyrrole nitrogens is 1. The van der Waals surface area contributed by atoms with Gasteiger partial charge in [0.05, 0.1) is 10.5 Å². The molecule has 0 fully saturated rings. The smallest absolute Gasteiger partial charge is 0.273 e. The molecule has 1 heterocycles. The molecule has 0 bridgehead atoms. The molecule has 0 saturated carbocycles. The minimum Gasteiger partial charge on any atom is -0.273 e. The van der Waals surface area contributed by atoms with E-state index in [9.17, 15) is 19.3 Å². The van der Waals surface area contributed by atoms with Crippen LogP contribution in [0, 0.1) is 15.9 Å². The van der Waals surface area contributed by atoms with Crippen molar-refractivity contribution < 1.29 is 9.31 Å². The van der Waals surface area contributed by atoms with E-state index in [2.05, 4.69) is 10.2 Å². The van der Waals surface area contributed by atoms with Crippen LogP contribution in [0.4, 0.5) is 10.1 Å². The molecular weight excluding hydrogens is 275 g/mol. The summed E-state index contributed by atoms with van der Waals surface area (Å²) >= 11 is 1.04. The van der Waals surface area contributed by atoms with E-state index in [-0.39, 0.29) is 17.0 Å². The first-order valence-corrected chi connectivity index (χ1v) is 6.15. The fourth-order valence-corrected chi connectivity index (χ4v) is 2.41. The van der Waals surface area contributed by atoms with Gasteiger partial charge in [0.1, 0.15) is 5.82 Å². The summed E-state index contributed by atoms with van der Waals surface area (Å²) in [5, 5.41) is 17.1. The van der Waals surface area contributed by atoms with Crippen molar-refractivity contribution in [2.24, 2.45) is 7.05 Å². The molecule has 1 aromatic heterocycles. The Kier molecular flexibility index (Phi) is 3.65. The highest BCUT2D eigenvalue weighted by Crippen LogP contribution is 2.28.